The van der Waals surface area contributed by atoms with Crippen molar-refractivity contribution < 1.29 is 13.2 Å². The Morgan fingerprint density at radius 3 is 2.57 bits per heavy atom. The van der Waals surface area contributed by atoms with Gasteiger partial charge in [-0.2, -0.15) is 18.3 Å². The molecule has 0 bridgehead atoms. The Hall–Kier alpha value is -2.74. The van der Waals surface area contributed by atoms with Crippen molar-refractivity contribution in [3.8, 4) is 11.1 Å². The van der Waals surface area contributed by atoms with Gasteiger partial charge in [0.05, 0.1) is 17.5 Å². The lowest BCUT2D eigenvalue weighted by molar-refractivity contribution is -0.137. The van der Waals surface area contributed by atoms with E-state index in [2.05, 4.69) is 26.9 Å². The summed E-state index contributed by atoms with van der Waals surface area (Å²) in [5.74, 6) is 0.198. The Labute approximate surface area is 173 Å². The van der Waals surface area contributed by atoms with Crippen molar-refractivity contribution >= 4 is 0 Å². The zero-order chi connectivity index (χ0) is 21.3. The number of likely N-dealkylation sites (tertiary alicyclic amines) is 1. The van der Waals surface area contributed by atoms with Crippen molar-refractivity contribution in [1.29, 1.82) is 0 Å². The second-order valence-corrected chi connectivity index (χ2v) is 7.83. The molecule has 0 atom stereocenters. The summed E-state index contributed by atoms with van der Waals surface area (Å²) >= 11 is 0. The third kappa shape index (κ3) is 4.23. The molecule has 3 aromatic rings. The summed E-state index contributed by atoms with van der Waals surface area (Å²) in [6.07, 6.45) is 2.46. The number of aryl methyl sites for hydroxylation is 1. The van der Waals surface area contributed by atoms with Gasteiger partial charge < -0.3 is 0 Å². The molecule has 2 aromatic heterocycles. The number of nitrogens with zero attached hydrogens (tertiary/aromatic N) is 5. The average Bonchev–Trinajstić information content (AvgIpc) is 3.06. The van der Waals surface area contributed by atoms with Gasteiger partial charge >= 0.3 is 6.18 Å². The molecule has 4 rings (SSSR count). The maximum absolute atomic E-state index is 13.1. The molecule has 0 radical (unpaired) electrons. The molecule has 3 heterocycles. The van der Waals surface area contributed by atoms with Gasteiger partial charge in [-0.15, -0.1) is 0 Å². The number of rotatable bonds is 4. The zero-order valence-electron chi connectivity index (χ0n) is 17.0. The first-order chi connectivity index (χ1) is 14.3. The molecule has 1 aliphatic rings. The highest BCUT2D eigenvalue weighted by Gasteiger charge is 2.31. The first-order valence-electron chi connectivity index (χ1n) is 10.0. The first kappa shape index (κ1) is 20.5. The lowest BCUT2D eigenvalue weighted by atomic mass is 9.88. The highest BCUT2D eigenvalue weighted by molar-refractivity contribution is 5.66. The Bertz CT molecular complexity index is 1020. The molecule has 8 heteroatoms. The summed E-state index contributed by atoms with van der Waals surface area (Å²) in [7, 11) is 1.94. The van der Waals surface area contributed by atoms with Crippen LogP contribution in [0.3, 0.4) is 0 Å². The quantitative estimate of drug-likeness (QED) is 0.626. The van der Waals surface area contributed by atoms with Gasteiger partial charge in [0.1, 0.15) is 6.33 Å². The van der Waals surface area contributed by atoms with E-state index in [-0.39, 0.29) is 5.92 Å². The largest absolute Gasteiger partial charge is 0.416 e. The van der Waals surface area contributed by atoms with Gasteiger partial charge in [-0.05, 0) is 50.6 Å². The number of hydrogen-bond donors (Lipinski definition) is 0. The number of halogens is 3. The van der Waals surface area contributed by atoms with Crippen LogP contribution in [0.25, 0.3) is 11.1 Å². The molecule has 0 aliphatic carbocycles. The molecule has 30 heavy (non-hydrogen) atoms. The Balaban J connectivity index is 1.51. The first-order valence-corrected chi connectivity index (χ1v) is 10.0. The zero-order valence-corrected chi connectivity index (χ0v) is 17.0. The van der Waals surface area contributed by atoms with E-state index >= 15 is 0 Å². The number of hydrogen-bond acceptors (Lipinski definition) is 4. The molecule has 5 nitrogen and oxygen atoms in total. The smallest absolute Gasteiger partial charge is 0.299 e. The van der Waals surface area contributed by atoms with Crippen LogP contribution >= 0.6 is 0 Å². The number of alkyl halides is 3. The lowest BCUT2D eigenvalue weighted by Crippen LogP contribution is -2.33. The van der Waals surface area contributed by atoms with Crippen molar-refractivity contribution in [3.63, 3.8) is 0 Å². The number of piperidine rings is 1. The van der Waals surface area contributed by atoms with Crippen molar-refractivity contribution in [2.45, 2.75) is 38.4 Å². The van der Waals surface area contributed by atoms with Crippen molar-refractivity contribution in [3.05, 3.63) is 65.5 Å². The molecule has 0 amide bonds. The second-order valence-electron chi connectivity index (χ2n) is 7.83. The van der Waals surface area contributed by atoms with Crippen molar-refractivity contribution in [2.24, 2.45) is 7.05 Å². The predicted octanol–water partition coefficient (Wildman–Crippen LogP) is 4.58. The maximum atomic E-state index is 13.1. The highest BCUT2D eigenvalue weighted by atomic mass is 19.4. The molecule has 158 valence electrons. The van der Waals surface area contributed by atoms with Crippen LogP contribution in [0.15, 0.2) is 43.0 Å². The van der Waals surface area contributed by atoms with Crippen LogP contribution in [0.2, 0.25) is 0 Å². The van der Waals surface area contributed by atoms with Gasteiger partial charge in [0.15, 0.2) is 0 Å². The SMILES string of the molecule is Cc1c(CN2CCC(c3ncncc3-c3cccc(C(F)(F)F)c3)CC2)cnn1C. The summed E-state index contributed by atoms with van der Waals surface area (Å²) in [6.45, 7) is 4.74. The third-order valence-electron chi connectivity index (χ3n) is 5.95. The van der Waals surface area contributed by atoms with Crippen LogP contribution in [0.1, 0.15) is 41.3 Å². The van der Waals surface area contributed by atoms with Crippen LogP contribution in [0, 0.1) is 6.92 Å². The van der Waals surface area contributed by atoms with E-state index in [0.29, 0.717) is 11.1 Å². The van der Waals surface area contributed by atoms with E-state index in [0.717, 1.165) is 44.2 Å². The normalized spacial score (nSPS) is 16.2. The highest BCUT2D eigenvalue weighted by Crippen LogP contribution is 2.36. The van der Waals surface area contributed by atoms with Gasteiger partial charge in [-0.1, -0.05) is 12.1 Å². The summed E-state index contributed by atoms with van der Waals surface area (Å²) in [6, 6.07) is 5.40. The summed E-state index contributed by atoms with van der Waals surface area (Å²) in [5, 5.41) is 4.31. The molecule has 1 aliphatic heterocycles. The molecule has 0 N–H and O–H groups in total. The maximum Gasteiger partial charge on any atom is 0.416 e. The van der Waals surface area contributed by atoms with Gasteiger partial charge in [0.2, 0.25) is 0 Å². The standard InChI is InChI=1S/C22H24F3N5/c1-15-18(11-28-29(15)2)13-30-8-6-16(7-9-30)21-20(12-26-14-27-21)17-4-3-5-19(10-17)22(23,24)25/h3-5,10-12,14,16H,6-9,13H2,1-2H3. The minimum absolute atomic E-state index is 0.198. The van der Waals surface area contributed by atoms with Crippen LogP contribution in [-0.4, -0.2) is 37.7 Å². The van der Waals surface area contributed by atoms with Crippen LogP contribution in [0.5, 0.6) is 0 Å². The Morgan fingerprint density at radius 2 is 1.90 bits per heavy atom. The van der Waals surface area contributed by atoms with E-state index in [4.69, 9.17) is 0 Å². The van der Waals surface area contributed by atoms with E-state index in [9.17, 15) is 13.2 Å². The molecular weight excluding hydrogens is 391 g/mol. The summed E-state index contributed by atoms with van der Waals surface area (Å²) in [5.41, 5.74) is 3.76. The fourth-order valence-corrected chi connectivity index (χ4v) is 4.05. The van der Waals surface area contributed by atoms with E-state index in [1.54, 1.807) is 12.3 Å². The molecule has 0 spiro atoms. The van der Waals surface area contributed by atoms with Gasteiger partial charge in [-0.3, -0.25) is 9.58 Å². The number of aromatic nitrogens is 4. The van der Waals surface area contributed by atoms with Crippen LogP contribution in [-0.2, 0) is 19.8 Å². The van der Waals surface area contributed by atoms with Gasteiger partial charge in [0, 0.05) is 42.5 Å². The molecule has 1 saturated heterocycles. The van der Waals surface area contributed by atoms with Crippen molar-refractivity contribution in [2.75, 3.05) is 13.1 Å². The van der Waals surface area contributed by atoms with Gasteiger partial charge in [0.25, 0.3) is 0 Å². The second kappa shape index (κ2) is 8.18. The molecule has 0 saturated carbocycles. The van der Waals surface area contributed by atoms with Crippen LogP contribution in [0.4, 0.5) is 13.2 Å². The lowest BCUT2D eigenvalue weighted by Gasteiger charge is -2.32. The minimum atomic E-state index is -4.37. The van der Waals surface area contributed by atoms with E-state index in [1.165, 1.54) is 29.7 Å². The topological polar surface area (TPSA) is 46.8 Å². The van der Waals surface area contributed by atoms with Gasteiger partial charge in [-0.25, -0.2) is 9.97 Å². The average molecular weight is 415 g/mol. The van der Waals surface area contributed by atoms with Crippen LogP contribution < -0.4 is 0 Å². The Morgan fingerprint density at radius 1 is 1.13 bits per heavy atom. The van der Waals surface area contributed by atoms with E-state index in [1.807, 2.05) is 17.9 Å². The monoisotopic (exact) mass is 415 g/mol. The molecule has 1 aromatic carbocycles. The fourth-order valence-electron chi connectivity index (χ4n) is 4.05. The summed E-state index contributed by atoms with van der Waals surface area (Å²) < 4.78 is 41.3. The predicted molar refractivity (Wildman–Crippen MR) is 108 cm³/mol. The Kier molecular flexibility index (Phi) is 5.60. The number of benzene rings is 1. The third-order valence-corrected chi connectivity index (χ3v) is 5.95. The summed E-state index contributed by atoms with van der Waals surface area (Å²) in [4.78, 5) is 10.9. The van der Waals surface area contributed by atoms with Crippen molar-refractivity contribution in [1.82, 2.24) is 24.6 Å². The molecule has 1 fully saturated rings. The minimum Gasteiger partial charge on any atom is -0.299 e. The van der Waals surface area contributed by atoms with E-state index < -0.39 is 11.7 Å². The molecule has 0 unspecified atom stereocenters. The fraction of sp³-hybridized carbons (Fsp3) is 0.409. The molecular formula is C22H24F3N5.